The van der Waals surface area contributed by atoms with Gasteiger partial charge in [-0.05, 0) is 53.3 Å². The van der Waals surface area contributed by atoms with Crippen molar-refractivity contribution >= 4 is 23.7 Å². The Balaban J connectivity index is 1.24. The second kappa shape index (κ2) is 8.09. The summed E-state index contributed by atoms with van der Waals surface area (Å²) in [5, 5.41) is 14.5. The summed E-state index contributed by atoms with van der Waals surface area (Å²) in [6, 6.07) is 22.5. The summed E-state index contributed by atoms with van der Waals surface area (Å²) in [7, 11) is 0. The fourth-order valence-electron chi connectivity index (χ4n) is 4.30. The molecule has 2 aliphatic rings. The first-order chi connectivity index (χ1) is 16.0. The van der Waals surface area contributed by atoms with Gasteiger partial charge in [0.1, 0.15) is 12.1 Å². The van der Waals surface area contributed by atoms with E-state index in [1.165, 1.54) is 6.07 Å². The minimum absolute atomic E-state index is 0.0500. The number of aliphatic carboxylic acids is 1. The largest absolute Gasteiger partial charge is 0.480 e. The second-order valence-electron chi connectivity index (χ2n) is 8.37. The minimum Gasteiger partial charge on any atom is -0.480 e. The molecule has 0 radical (unpaired) electrons. The average molecular weight is 442 g/mol. The number of carbonyl (C=O) groups excluding carboxylic acids is 2. The first-order valence-corrected chi connectivity index (χ1v) is 10.7. The van der Waals surface area contributed by atoms with E-state index in [0.717, 1.165) is 22.3 Å². The van der Waals surface area contributed by atoms with E-state index in [1.54, 1.807) is 18.2 Å². The quantitative estimate of drug-likeness (QED) is 0.525. The van der Waals surface area contributed by atoms with Crippen LogP contribution in [0.1, 0.15) is 40.2 Å². The van der Waals surface area contributed by atoms with Gasteiger partial charge in [-0.1, -0.05) is 54.6 Å². The van der Waals surface area contributed by atoms with Crippen molar-refractivity contribution in [3.63, 3.8) is 0 Å². The Hall–Kier alpha value is -4.13. The molecule has 0 saturated heterocycles. The number of anilines is 1. The molecular weight excluding hydrogens is 420 g/mol. The van der Waals surface area contributed by atoms with Crippen molar-refractivity contribution in [2.75, 3.05) is 11.9 Å². The van der Waals surface area contributed by atoms with E-state index in [4.69, 9.17) is 4.74 Å². The molecule has 0 bridgehead atoms. The van der Waals surface area contributed by atoms with Crippen LogP contribution in [0.3, 0.4) is 0 Å². The van der Waals surface area contributed by atoms with Crippen LogP contribution in [-0.2, 0) is 9.53 Å². The van der Waals surface area contributed by atoms with Crippen LogP contribution in [0.2, 0.25) is 0 Å². The standard InChI is InChI=1S/C26H22N2O5/c29-23(28-26(12-13-26)24(30)31)16-6-5-7-17(14-16)27-25(32)33-15-22-20-10-3-1-8-18(20)19-9-2-4-11-21(19)22/h1-11,14,22H,12-13,15H2,(H,27,32)(H,28,29)(H,30,31). The van der Waals surface area contributed by atoms with Gasteiger partial charge in [0.25, 0.3) is 5.91 Å². The monoisotopic (exact) mass is 442 g/mol. The van der Waals surface area contributed by atoms with E-state index < -0.39 is 23.5 Å². The number of fused-ring (bicyclic) bond motifs is 3. The fourth-order valence-corrected chi connectivity index (χ4v) is 4.30. The fraction of sp³-hybridized carbons (Fsp3) is 0.192. The van der Waals surface area contributed by atoms with Gasteiger partial charge in [0.05, 0.1) is 0 Å². The smallest absolute Gasteiger partial charge is 0.411 e. The molecule has 1 fully saturated rings. The normalized spacial score (nSPS) is 15.2. The number of carbonyl (C=O) groups is 3. The van der Waals surface area contributed by atoms with Crippen molar-refractivity contribution in [2.24, 2.45) is 0 Å². The number of hydrogen-bond donors (Lipinski definition) is 3. The highest BCUT2D eigenvalue weighted by Crippen LogP contribution is 2.44. The Morgan fingerprint density at radius 3 is 2.15 bits per heavy atom. The zero-order chi connectivity index (χ0) is 23.0. The highest BCUT2D eigenvalue weighted by molar-refractivity contribution is 6.00. The Labute approximate surface area is 190 Å². The summed E-state index contributed by atoms with van der Waals surface area (Å²) in [6.07, 6.45) is 0.191. The van der Waals surface area contributed by atoms with Crippen LogP contribution in [0.25, 0.3) is 11.1 Å². The molecular formula is C26H22N2O5. The number of rotatable bonds is 6. The van der Waals surface area contributed by atoms with Crippen LogP contribution in [0.4, 0.5) is 10.5 Å². The van der Waals surface area contributed by atoms with Crippen molar-refractivity contribution in [1.29, 1.82) is 0 Å². The zero-order valence-electron chi connectivity index (χ0n) is 17.7. The first kappa shape index (κ1) is 20.8. The Morgan fingerprint density at radius 1 is 0.909 bits per heavy atom. The number of ether oxygens (including phenoxy) is 1. The zero-order valence-corrected chi connectivity index (χ0v) is 17.7. The third-order valence-corrected chi connectivity index (χ3v) is 6.23. The molecule has 3 N–H and O–H groups in total. The maximum atomic E-state index is 12.5. The lowest BCUT2D eigenvalue weighted by atomic mass is 9.98. The number of nitrogens with one attached hydrogen (secondary N) is 2. The van der Waals surface area contributed by atoms with E-state index in [9.17, 15) is 19.5 Å². The Morgan fingerprint density at radius 2 is 1.55 bits per heavy atom. The van der Waals surface area contributed by atoms with Crippen LogP contribution in [0, 0.1) is 0 Å². The molecule has 33 heavy (non-hydrogen) atoms. The highest BCUT2D eigenvalue weighted by atomic mass is 16.5. The molecule has 0 unspecified atom stereocenters. The van der Waals surface area contributed by atoms with E-state index >= 15 is 0 Å². The van der Waals surface area contributed by atoms with E-state index in [-0.39, 0.29) is 18.1 Å². The maximum Gasteiger partial charge on any atom is 0.411 e. The van der Waals surface area contributed by atoms with Crippen molar-refractivity contribution in [3.8, 4) is 11.1 Å². The maximum absolute atomic E-state index is 12.5. The van der Waals surface area contributed by atoms with E-state index in [0.29, 0.717) is 18.5 Å². The summed E-state index contributed by atoms with van der Waals surface area (Å²) in [5.41, 5.74) is 4.02. The Bertz CT molecular complexity index is 1220. The Kier molecular flexibility index (Phi) is 5.09. The molecule has 0 aromatic heterocycles. The van der Waals surface area contributed by atoms with Crippen LogP contribution in [0.15, 0.2) is 72.8 Å². The SMILES string of the molecule is O=C(Nc1cccc(C(=O)NC2(C(=O)O)CC2)c1)OCC1c2ccccc2-c2ccccc21. The molecule has 1 saturated carbocycles. The highest BCUT2D eigenvalue weighted by Gasteiger charge is 2.51. The van der Waals surface area contributed by atoms with Crippen LogP contribution < -0.4 is 10.6 Å². The number of amides is 2. The summed E-state index contributed by atoms with van der Waals surface area (Å²) >= 11 is 0. The number of carboxylic acid groups (broad SMARTS) is 1. The molecule has 7 nitrogen and oxygen atoms in total. The minimum atomic E-state index is -1.17. The van der Waals surface area contributed by atoms with Gasteiger partial charge in [-0.25, -0.2) is 9.59 Å². The van der Waals surface area contributed by atoms with Crippen LogP contribution in [-0.4, -0.2) is 35.2 Å². The average Bonchev–Trinajstić information content (AvgIpc) is 3.54. The summed E-state index contributed by atoms with van der Waals surface area (Å²) < 4.78 is 5.54. The third kappa shape index (κ3) is 3.93. The lowest BCUT2D eigenvalue weighted by molar-refractivity contribution is -0.140. The molecule has 0 heterocycles. The van der Waals surface area contributed by atoms with Crippen molar-refractivity contribution in [2.45, 2.75) is 24.3 Å². The second-order valence-corrected chi connectivity index (χ2v) is 8.37. The van der Waals surface area contributed by atoms with Crippen molar-refractivity contribution in [1.82, 2.24) is 5.32 Å². The number of hydrogen-bond acceptors (Lipinski definition) is 4. The molecule has 5 rings (SSSR count). The lowest BCUT2D eigenvalue weighted by Crippen LogP contribution is -2.43. The van der Waals surface area contributed by atoms with Gasteiger partial charge in [-0.3, -0.25) is 10.1 Å². The van der Waals surface area contributed by atoms with Gasteiger partial charge in [0, 0.05) is 17.2 Å². The molecule has 0 atom stereocenters. The van der Waals surface area contributed by atoms with E-state index in [2.05, 4.69) is 22.8 Å². The molecule has 166 valence electrons. The molecule has 7 heteroatoms. The third-order valence-electron chi connectivity index (χ3n) is 6.23. The molecule has 3 aromatic carbocycles. The summed E-state index contributed by atoms with van der Waals surface area (Å²) in [6.45, 7) is 0.182. The molecule has 2 amide bonds. The van der Waals surface area contributed by atoms with Gasteiger partial charge in [-0.2, -0.15) is 0 Å². The summed E-state index contributed by atoms with van der Waals surface area (Å²) in [5.74, 6) is -1.58. The van der Waals surface area contributed by atoms with Crippen molar-refractivity contribution < 1.29 is 24.2 Å². The van der Waals surface area contributed by atoms with Crippen LogP contribution >= 0.6 is 0 Å². The molecule has 0 aliphatic heterocycles. The van der Waals surface area contributed by atoms with Gasteiger partial charge in [0.15, 0.2) is 0 Å². The first-order valence-electron chi connectivity index (χ1n) is 10.7. The van der Waals surface area contributed by atoms with Crippen LogP contribution in [0.5, 0.6) is 0 Å². The number of carboxylic acids is 1. The van der Waals surface area contributed by atoms with Gasteiger partial charge < -0.3 is 15.2 Å². The van der Waals surface area contributed by atoms with Crippen molar-refractivity contribution in [3.05, 3.63) is 89.5 Å². The predicted octanol–water partition coefficient (Wildman–Crippen LogP) is 4.39. The molecule has 3 aromatic rings. The molecule has 0 spiro atoms. The number of benzene rings is 3. The predicted molar refractivity (Wildman–Crippen MR) is 122 cm³/mol. The summed E-state index contributed by atoms with van der Waals surface area (Å²) in [4.78, 5) is 36.3. The topological polar surface area (TPSA) is 105 Å². The van der Waals surface area contributed by atoms with Gasteiger partial charge in [0.2, 0.25) is 0 Å². The van der Waals surface area contributed by atoms with Gasteiger partial charge in [-0.15, -0.1) is 0 Å². The van der Waals surface area contributed by atoms with Gasteiger partial charge >= 0.3 is 12.1 Å². The molecule has 2 aliphatic carbocycles. The lowest BCUT2D eigenvalue weighted by Gasteiger charge is -2.15. The van der Waals surface area contributed by atoms with E-state index in [1.807, 2.05) is 36.4 Å².